The van der Waals surface area contributed by atoms with Gasteiger partial charge in [-0.3, -0.25) is 0 Å². The van der Waals surface area contributed by atoms with Crippen molar-refractivity contribution in [1.29, 1.82) is 0 Å². The number of anilines is 3. The summed E-state index contributed by atoms with van der Waals surface area (Å²) in [4.78, 5) is 2.33. The highest BCUT2D eigenvalue weighted by molar-refractivity contribution is 6.10. The van der Waals surface area contributed by atoms with Gasteiger partial charge in [-0.25, -0.2) is 0 Å². The summed E-state index contributed by atoms with van der Waals surface area (Å²) in [5, 5.41) is 2.48. The first-order chi connectivity index (χ1) is 22.6. The zero-order valence-corrected chi connectivity index (χ0v) is 26.1. The van der Waals surface area contributed by atoms with Crippen LogP contribution in [-0.2, 0) is 0 Å². The van der Waals surface area contributed by atoms with E-state index in [0.29, 0.717) is 0 Å². The minimum Gasteiger partial charge on any atom is -0.310 e. The minimum absolute atomic E-state index is 1.12. The molecule has 0 aliphatic carbocycles. The van der Waals surface area contributed by atoms with E-state index in [1.807, 2.05) is 0 Å². The first kappa shape index (κ1) is 27.7. The molecule has 0 radical (unpaired) electrons. The maximum atomic E-state index is 2.43. The Bertz CT molecular complexity index is 2290. The van der Waals surface area contributed by atoms with Gasteiger partial charge in [-0.05, 0) is 90.7 Å². The molecule has 2 heteroatoms. The second-order valence-electron chi connectivity index (χ2n) is 12.0. The fourth-order valence-electron chi connectivity index (χ4n) is 6.76. The molecule has 2 nitrogen and oxygen atoms in total. The third-order valence-corrected chi connectivity index (χ3v) is 8.86. The van der Waals surface area contributed by atoms with Crippen LogP contribution in [0.4, 0.5) is 17.1 Å². The molecular formula is C44H34N2. The van der Waals surface area contributed by atoms with E-state index in [9.17, 15) is 0 Å². The number of fused-ring (bicyclic) bond motifs is 3. The molecule has 0 spiro atoms. The van der Waals surface area contributed by atoms with E-state index in [-0.39, 0.29) is 0 Å². The van der Waals surface area contributed by atoms with Gasteiger partial charge < -0.3 is 9.47 Å². The van der Waals surface area contributed by atoms with Crippen molar-refractivity contribution in [2.45, 2.75) is 13.8 Å². The fourth-order valence-corrected chi connectivity index (χ4v) is 6.76. The zero-order chi connectivity index (χ0) is 31.0. The van der Waals surface area contributed by atoms with Crippen molar-refractivity contribution in [1.82, 2.24) is 4.57 Å². The van der Waals surface area contributed by atoms with Crippen molar-refractivity contribution in [3.8, 4) is 27.9 Å². The van der Waals surface area contributed by atoms with Gasteiger partial charge in [0.15, 0.2) is 0 Å². The molecule has 0 saturated heterocycles. The SMILES string of the molecule is Cc1cccc(-c2ccc(-n3c4ccccc4c4ccc(N(c5ccccc5)c5ccccc5)cc43)cc2-c2cccc(C)c2)c1. The molecule has 8 rings (SSSR count). The second-order valence-corrected chi connectivity index (χ2v) is 12.0. The van der Waals surface area contributed by atoms with E-state index < -0.39 is 0 Å². The molecule has 1 aromatic heterocycles. The van der Waals surface area contributed by atoms with Crippen LogP contribution in [0.15, 0.2) is 170 Å². The summed E-state index contributed by atoms with van der Waals surface area (Å²) in [6, 6.07) is 61.5. The topological polar surface area (TPSA) is 8.17 Å². The van der Waals surface area contributed by atoms with Gasteiger partial charge in [-0.15, -0.1) is 0 Å². The molecule has 0 fully saturated rings. The third-order valence-electron chi connectivity index (χ3n) is 8.86. The van der Waals surface area contributed by atoms with E-state index in [4.69, 9.17) is 0 Å². The van der Waals surface area contributed by atoms with Crippen LogP contribution in [0.25, 0.3) is 49.7 Å². The number of benzene rings is 7. The number of rotatable bonds is 6. The number of nitrogens with zero attached hydrogens (tertiary/aromatic N) is 2. The Morgan fingerprint density at radius 2 is 0.978 bits per heavy atom. The quantitative estimate of drug-likeness (QED) is 0.187. The van der Waals surface area contributed by atoms with E-state index >= 15 is 0 Å². The number of aromatic nitrogens is 1. The van der Waals surface area contributed by atoms with Gasteiger partial charge in [-0.1, -0.05) is 126 Å². The Hall–Kier alpha value is -5.86. The first-order valence-electron chi connectivity index (χ1n) is 15.9. The van der Waals surface area contributed by atoms with Crippen LogP contribution in [0.3, 0.4) is 0 Å². The normalized spacial score (nSPS) is 11.3. The van der Waals surface area contributed by atoms with Crippen molar-refractivity contribution in [3.05, 3.63) is 181 Å². The van der Waals surface area contributed by atoms with Crippen molar-refractivity contribution >= 4 is 38.9 Å². The zero-order valence-electron chi connectivity index (χ0n) is 26.1. The number of aryl methyl sites for hydroxylation is 2. The highest BCUT2D eigenvalue weighted by atomic mass is 15.1. The molecule has 8 aromatic rings. The smallest absolute Gasteiger partial charge is 0.0561 e. The molecule has 0 N–H and O–H groups in total. The monoisotopic (exact) mass is 590 g/mol. The molecule has 46 heavy (non-hydrogen) atoms. The summed E-state index contributed by atoms with van der Waals surface area (Å²) in [6.07, 6.45) is 0. The lowest BCUT2D eigenvalue weighted by atomic mass is 9.92. The molecule has 0 aliphatic heterocycles. The van der Waals surface area contributed by atoms with Crippen LogP contribution in [0.1, 0.15) is 11.1 Å². The van der Waals surface area contributed by atoms with Crippen molar-refractivity contribution in [2.75, 3.05) is 4.90 Å². The average molecular weight is 591 g/mol. The summed E-state index contributed by atoms with van der Waals surface area (Å²) >= 11 is 0. The summed E-state index contributed by atoms with van der Waals surface area (Å²) in [7, 11) is 0. The standard InChI is InChI=1S/C44H34N2/c1-31-13-11-15-33(27-31)39-25-23-37(29-42(39)34-16-12-14-32(2)28-34)46-43-22-10-9-21-40(43)41-26-24-38(30-44(41)46)45(35-17-5-3-6-18-35)36-19-7-4-8-20-36/h3-30H,1-2H3. The third kappa shape index (κ3) is 4.95. The lowest BCUT2D eigenvalue weighted by Crippen LogP contribution is -2.09. The van der Waals surface area contributed by atoms with Gasteiger partial charge in [0, 0.05) is 33.5 Å². The van der Waals surface area contributed by atoms with Gasteiger partial charge >= 0.3 is 0 Å². The van der Waals surface area contributed by atoms with Crippen LogP contribution >= 0.6 is 0 Å². The van der Waals surface area contributed by atoms with Crippen LogP contribution in [0.2, 0.25) is 0 Å². The average Bonchev–Trinajstić information content (AvgIpc) is 3.43. The van der Waals surface area contributed by atoms with Crippen molar-refractivity contribution in [3.63, 3.8) is 0 Å². The molecule has 0 atom stereocenters. The van der Waals surface area contributed by atoms with Crippen LogP contribution in [0, 0.1) is 13.8 Å². The van der Waals surface area contributed by atoms with Gasteiger partial charge in [0.25, 0.3) is 0 Å². The fraction of sp³-hybridized carbons (Fsp3) is 0.0455. The predicted molar refractivity (Wildman–Crippen MR) is 196 cm³/mol. The Morgan fingerprint density at radius 3 is 1.63 bits per heavy atom. The molecule has 0 unspecified atom stereocenters. The highest BCUT2D eigenvalue weighted by Gasteiger charge is 2.18. The number of hydrogen-bond donors (Lipinski definition) is 0. The summed E-state index contributed by atoms with van der Waals surface area (Å²) < 4.78 is 2.43. The predicted octanol–water partition coefficient (Wildman–Crippen LogP) is 12.2. The Balaban J connectivity index is 1.39. The molecule has 1 heterocycles. The van der Waals surface area contributed by atoms with E-state index in [1.54, 1.807) is 0 Å². The van der Waals surface area contributed by atoms with Gasteiger partial charge in [-0.2, -0.15) is 0 Å². The largest absolute Gasteiger partial charge is 0.310 e. The molecule has 7 aromatic carbocycles. The lowest BCUT2D eigenvalue weighted by Gasteiger charge is -2.25. The second kappa shape index (κ2) is 11.6. The van der Waals surface area contributed by atoms with Gasteiger partial charge in [0.05, 0.1) is 11.0 Å². The summed E-state index contributed by atoms with van der Waals surface area (Å²) in [6.45, 7) is 4.33. The maximum absolute atomic E-state index is 2.43. The van der Waals surface area contributed by atoms with Gasteiger partial charge in [0.1, 0.15) is 0 Å². The summed E-state index contributed by atoms with van der Waals surface area (Å²) in [5.74, 6) is 0. The Morgan fingerprint density at radius 1 is 0.391 bits per heavy atom. The van der Waals surface area contributed by atoms with Gasteiger partial charge in [0.2, 0.25) is 0 Å². The Kier molecular flexibility index (Phi) is 6.96. The number of para-hydroxylation sites is 3. The molecule has 220 valence electrons. The Labute approximate surface area is 270 Å². The molecular weight excluding hydrogens is 556 g/mol. The lowest BCUT2D eigenvalue weighted by molar-refractivity contribution is 1.18. The van der Waals surface area contributed by atoms with Crippen molar-refractivity contribution < 1.29 is 0 Å². The van der Waals surface area contributed by atoms with Crippen LogP contribution in [-0.4, -0.2) is 4.57 Å². The molecule has 0 aliphatic rings. The van der Waals surface area contributed by atoms with E-state index in [0.717, 1.165) is 22.7 Å². The van der Waals surface area contributed by atoms with Crippen LogP contribution in [0.5, 0.6) is 0 Å². The van der Waals surface area contributed by atoms with E-state index in [1.165, 1.54) is 55.2 Å². The molecule has 0 amide bonds. The number of hydrogen-bond acceptors (Lipinski definition) is 1. The summed E-state index contributed by atoms with van der Waals surface area (Å²) in [5.41, 5.74) is 14.3. The minimum atomic E-state index is 1.12. The van der Waals surface area contributed by atoms with Crippen molar-refractivity contribution in [2.24, 2.45) is 0 Å². The first-order valence-corrected chi connectivity index (χ1v) is 15.9. The maximum Gasteiger partial charge on any atom is 0.0561 e. The highest BCUT2D eigenvalue weighted by Crippen LogP contribution is 2.41. The molecule has 0 saturated carbocycles. The van der Waals surface area contributed by atoms with Crippen LogP contribution < -0.4 is 4.90 Å². The van der Waals surface area contributed by atoms with E-state index in [2.05, 4.69) is 193 Å². The molecule has 0 bridgehead atoms.